The molecule has 1 aliphatic heterocycles. The van der Waals surface area contributed by atoms with Gasteiger partial charge in [-0.1, -0.05) is 18.2 Å². The van der Waals surface area contributed by atoms with E-state index in [0.29, 0.717) is 6.04 Å². The number of aliphatic hydroxyl groups excluding tert-OH is 1. The van der Waals surface area contributed by atoms with E-state index in [2.05, 4.69) is 49.2 Å². The van der Waals surface area contributed by atoms with Crippen molar-refractivity contribution in [2.24, 2.45) is 0 Å². The lowest BCUT2D eigenvalue weighted by Crippen LogP contribution is -2.46. The summed E-state index contributed by atoms with van der Waals surface area (Å²) in [5, 5.41) is 13.1. The molecule has 0 spiro atoms. The van der Waals surface area contributed by atoms with Gasteiger partial charge in [0.1, 0.15) is 0 Å². The molecule has 100 valence electrons. The van der Waals surface area contributed by atoms with Crippen LogP contribution in [0.15, 0.2) is 18.2 Å². The lowest BCUT2D eigenvalue weighted by molar-refractivity contribution is 0.255. The van der Waals surface area contributed by atoms with Gasteiger partial charge in [-0.25, -0.2) is 0 Å². The van der Waals surface area contributed by atoms with Crippen LogP contribution >= 0.6 is 0 Å². The molecule has 1 aromatic rings. The predicted octanol–water partition coefficient (Wildman–Crippen LogP) is 1.85. The zero-order valence-corrected chi connectivity index (χ0v) is 11.6. The van der Waals surface area contributed by atoms with E-state index >= 15 is 0 Å². The van der Waals surface area contributed by atoms with Gasteiger partial charge < -0.3 is 15.3 Å². The topological polar surface area (TPSA) is 35.5 Å². The number of aliphatic hydroxyl groups is 1. The van der Waals surface area contributed by atoms with Crippen LogP contribution in [0.5, 0.6) is 0 Å². The van der Waals surface area contributed by atoms with Gasteiger partial charge in [-0.05, 0) is 44.9 Å². The third kappa shape index (κ3) is 2.52. The molecule has 0 radical (unpaired) electrons. The molecule has 18 heavy (non-hydrogen) atoms. The van der Waals surface area contributed by atoms with E-state index in [1.807, 2.05) is 0 Å². The molecule has 0 aliphatic carbocycles. The third-order valence-corrected chi connectivity index (χ3v) is 3.90. The summed E-state index contributed by atoms with van der Waals surface area (Å²) in [6.07, 6.45) is 1.12. The summed E-state index contributed by atoms with van der Waals surface area (Å²) in [4.78, 5) is 2.41. The lowest BCUT2D eigenvalue weighted by atomic mass is 10.0. The Kier molecular flexibility index (Phi) is 4.25. The number of benzene rings is 1. The van der Waals surface area contributed by atoms with Crippen molar-refractivity contribution in [2.45, 2.75) is 39.3 Å². The minimum absolute atomic E-state index is 0.169. The van der Waals surface area contributed by atoms with Crippen molar-refractivity contribution in [3.8, 4) is 0 Å². The SMILES string of the molecule is Cc1cccc(C)c1N1C(C)CCNCC1CO. The molecule has 1 saturated heterocycles. The van der Waals surface area contributed by atoms with Crippen molar-refractivity contribution in [3.63, 3.8) is 0 Å². The largest absolute Gasteiger partial charge is 0.394 e. The molecule has 1 fully saturated rings. The number of nitrogens with one attached hydrogen (secondary N) is 1. The van der Waals surface area contributed by atoms with Gasteiger partial charge in [0.05, 0.1) is 12.6 Å². The number of nitrogens with zero attached hydrogens (tertiary/aromatic N) is 1. The van der Waals surface area contributed by atoms with Gasteiger partial charge in [0.2, 0.25) is 0 Å². The maximum atomic E-state index is 9.67. The van der Waals surface area contributed by atoms with Crippen LogP contribution in [0.4, 0.5) is 5.69 Å². The zero-order chi connectivity index (χ0) is 13.1. The average molecular weight is 248 g/mol. The molecule has 2 N–H and O–H groups in total. The van der Waals surface area contributed by atoms with Crippen LogP contribution in [-0.2, 0) is 0 Å². The van der Waals surface area contributed by atoms with Gasteiger partial charge in [0.25, 0.3) is 0 Å². The van der Waals surface area contributed by atoms with E-state index in [-0.39, 0.29) is 12.6 Å². The minimum Gasteiger partial charge on any atom is -0.394 e. The Morgan fingerprint density at radius 3 is 2.61 bits per heavy atom. The Labute approximate surface area is 110 Å². The molecule has 0 aromatic heterocycles. The monoisotopic (exact) mass is 248 g/mol. The summed E-state index contributed by atoms with van der Waals surface area (Å²) < 4.78 is 0. The molecule has 2 atom stereocenters. The molecule has 2 unspecified atom stereocenters. The fraction of sp³-hybridized carbons (Fsp3) is 0.600. The quantitative estimate of drug-likeness (QED) is 0.838. The first-order valence-electron chi connectivity index (χ1n) is 6.81. The van der Waals surface area contributed by atoms with Crippen molar-refractivity contribution in [3.05, 3.63) is 29.3 Å². The third-order valence-electron chi connectivity index (χ3n) is 3.90. The summed E-state index contributed by atoms with van der Waals surface area (Å²) >= 11 is 0. The highest BCUT2D eigenvalue weighted by Crippen LogP contribution is 2.29. The van der Waals surface area contributed by atoms with E-state index in [1.165, 1.54) is 16.8 Å². The van der Waals surface area contributed by atoms with Crippen molar-refractivity contribution in [1.82, 2.24) is 5.32 Å². The molecule has 3 heteroatoms. The lowest BCUT2D eigenvalue weighted by Gasteiger charge is -2.37. The van der Waals surface area contributed by atoms with Gasteiger partial charge in [0, 0.05) is 18.3 Å². The Balaban J connectivity index is 2.43. The second-order valence-corrected chi connectivity index (χ2v) is 5.33. The fourth-order valence-electron chi connectivity index (χ4n) is 2.95. The van der Waals surface area contributed by atoms with Crippen LogP contribution in [0, 0.1) is 13.8 Å². The van der Waals surface area contributed by atoms with Crippen LogP contribution in [-0.4, -0.2) is 36.9 Å². The Hall–Kier alpha value is -1.06. The van der Waals surface area contributed by atoms with Crippen molar-refractivity contribution < 1.29 is 5.11 Å². The smallest absolute Gasteiger partial charge is 0.0648 e. The Morgan fingerprint density at radius 2 is 2.00 bits per heavy atom. The first-order chi connectivity index (χ1) is 8.65. The minimum atomic E-state index is 0.169. The second kappa shape index (κ2) is 5.72. The maximum Gasteiger partial charge on any atom is 0.0648 e. The van der Waals surface area contributed by atoms with Crippen LogP contribution in [0.1, 0.15) is 24.5 Å². The number of aryl methyl sites for hydroxylation is 2. The molecule has 3 nitrogen and oxygen atoms in total. The van der Waals surface area contributed by atoms with Crippen molar-refractivity contribution in [2.75, 3.05) is 24.6 Å². The molecule has 1 aliphatic rings. The van der Waals surface area contributed by atoms with Gasteiger partial charge in [-0.3, -0.25) is 0 Å². The summed E-state index contributed by atoms with van der Waals surface area (Å²) in [6.45, 7) is 8.64. The van der Waals surface area contributed by atoms with Gasteiger partial charge in [0.15, 0.2) is 0 Å². The van der Waals surface area contributed by atoms with Gasteiger partial charge >= 0.3 is 0 Å². The zero-order valence-electron chi connectivity index (χ0n) is 11.6. The number of anilines is 1. The highest BCUT2D eigenvalue weighted by molar-refractivity contribution is 5.60. The molecular weight excluding hydrogens is 224 g/mol. The average Bonchev–Trinajstić information content (AvgIpc) is 2.52. The van der Waals surface area contributed by atoms with Crippen molar-refractivity contribution in [1.29, 1.82) is 0 Å². The van der Waals surface area contributed by atoms with Crippen molar-refractivity contribution >= 4 is 5.69 Å². The highest BCUT2D eigenvalue weighted by Gasteiger charge is 2.27. The number of hydrogen-bond acceptors (Lipinski definition) is 3. The maximum absolute atomic E-state index is 9.67. The van der Waals surface area contributed by atoms with Crippen LogP contribution in [0.2, 0.25) is 0 Å². The summed E-state index contributed by atoms with van der Waals surface area (Å²) in [7, 11) is 0. The first kappa shape index (κ1) is 13.4. The van der Waals surface area contributed by atoms with Crippen LogP contribution in [0.25, 0.3) is 0 Å². The van der Waals surface area contributed by atoms with E-state index in [0.717, 1.165) is 19.5 Å². The second-order valence-electron chi connectivity index (χ2n) is 5.33. The normalized spacial score (nSPS) is 25.0. The van der Waals surface area contributed by atoms with E-state index in [9.17, 15) is 5.11 Å². The highest BCUT2D eigenvalue weighted by atomic mass is 16.3. The molecule has 0 saturated carbocycles. The molecule has 0 bridgehead atoms. The van der Waals surface area contributed by atoms with E-state index in [1.54, 1.807) is 0 Å². The molecule has 1 heterocycles. The fourth-order valence-corrected chi connectivity index (χ4v) is 2.95. The summed E-state index contributed by atoms with van der Waals surface area (Å²) in [5.41, 5.74) is 3.89. The molecular formula is C15H24N2O. The molecule has 1 aromatic carbocycles. The predicted molar refractivity (Wildman–Crippen MR) is 76.2 cm³/mol. The standard InChI is InChI=1S/C15H24N2O/c1-11-5-4-6-12(2)15(11)17-13(3)7-8-16-9-14(17)10-18/h4-6,13-14,16,18H,7-10H2,1-3H3. The number of rotatable bonds is 2. The van der Waals surface area contributed by atoms with Crippen LogP contribution < -0.4 is 10.2 Å². The first-order valence-corrected chi connectivity index (χ1v) is 6.81. The van der Waals surface area contributed by atoms with Gasteiger partial charge in [-0.15, -0.1) is 0 Å². The summed E-state index contributed by atoms with van der Waals surface area (Å²) in [6, 6.07) is 7.03. The Morgan fingerprint density at radius 1 is 1.33 bits per heavy atom. The van der Waals surface area contributed by atoms with Crippen LogP contribution in [0.3, 0.4) is 0 Å². The van der Waals surface area contributed by atoms with E-state index < -0.39 is 0 Å². The summed E-state index contributed by atoms with van der Waals surface area (Å²) in [5.74, 6) is 0. The Bertz CT molecular complexity index is 385. The number of para-hydroxylation sites is 1. The van der Waals surface area contributed by atoms with E-state index in [4.69, 9.17) is 0 Å². The molecule has 0 amide bonds. The number of hydrogen-bond donors (Lipinski definition) is 2. The molecule has 2 rings (SSSR count). The van der Waals surface area contributed by atoms with Gasteiger partial charge in [-0.2, -0.15) is 0 Å².